The van der Waals surface area contributed by atoms with Crippen LogP contribution in [-0.4, -0.2) is 62.5 Å². The van der Waals surface area contributed by atoms with Crippen LogP contribution in [0.4, 0.5) is 8.78 Å². The van der Waals surface area contributed by atoms with E-state index in [-0.39, 0.29) is 18.0 Å². The van der Waals surface area contributed by atoms with Gasteiger partial charge in [0.05, 0.1) is 18.8 Å². The summed E-state index contributed by atoms with van der Waals surface area (Å²) in [6, 6.07) is 3.55. The number of likely N-dealkylation sites (tertiary alicyclic amines) is 1. The predicted molar refractivity (Wildman–Crippen MR) is 110 cm³/mol. The molecule has 0 amide bonds. The Hall–Kier alpha value is -1.73. The fourth-order valence-electron chi connectivity index (χ4n) is 3.86. The largest absolute Gasteiger partial charge is 0.376 e. The van der Waals surface area contributed by atoms with Crippen molar-refractivity contribution < 1.29 is 18.3 Å². The highest BCUT2D eigenvalue weighted by Crippen LogP contribution is 2.18. The molecule has 0 saturated carbocycles. The highest BCUT2D eigenvalue weighted by Gasteiger charge is 2.23. The lowest BCUT2D eigenvalue weighted by atomic mass is 10.1. The van der Waals surface area contributed by atoms with E-state index in [1.807, 2.05) is 6.92 Å². The van der Waals surface area contributed by atoms with E-state index < -0.39 is 5.82 Å². The van der Waals surface area contributed by atoms with Crippen LogP contribution in [0.15, 0.2) is 23.2 Å². The quantitative estimate of drug-likeness (QED) is 0.553. The fourth-order valence-corrected chi connectivity index (χ4v) is 3.86. The number of rotatable bonds is 7. The van der Waals surface area contributed by atoms with Gasteiger partial charge in [-0.25, -0.2) is 8.78 Å². The van der Waals surface area contributed by atoms with E-state index in [1.54, 1.807) is 0 Å². The molecule has 2 aliphatic heterocycles. The van der Waals surface area contributed by atoms with Crippen LogP contribution in [0.3, 0.4) is 0 Å². The SMILES string of the molecule is CCNC(=NCCc1cc(F)ccc1F)N1CCC(OCC2CCCCO2)CC1. The van der Waals surface area contributed by atoms with Crippen molar-refractivity contribution in [2.75, 3.05) is 39.4 Å². The Balaban J connectivity index is 1.45. The van der Waals surface area contributed by atoms with Gasteiger partial charge in [0, 0.05) is 32.8 Å². The summed E-state index contributed by atoms with van der Waals surface area (Å²) < 4.78 is 38.9. The number of nitrogens with one attached hydrogen (secondary N) is 1. The maximum Gasteiger partial charge on any atom is 0.193 e. The summed E-state index contributed by atoms with van der Waals surface area (Å²) in [6.45, 7) is 6.50. The standard InChI is InChI=1S/C22H33F2N3O2/c1-2-25-22(26-11-8-17-15-18(23)6-7-21(17)24)27-12-9-19(10-13-27)29-16-20-5-3-4-14-28-20/h6-7,15,19-20H,2-5,8-14,16H2,1H3,(H,25,26). The van der Waals surface area contributed by atoms with E-state index in [2.05, 4.69) is 15.2 Å². The first kappa shape index (κ1) is 22.0. The number of hydrogen-bond acceptors (Lipinski definition) is 3. The minimum atomic E-state index is -0.419. The van der Waals surface area contributed by atoms with Crippen molar-refractivity contribution in [1.29, 1.82) is 0 Å². The molecule has 2 saturated heterocycles. The molecule has 0 aromatic heterocycles. The van der Waals surface area contributed by atoms with E-state index in [4.69, 9.17) is 9.47 Å². The van der Waals surface area contributed by atoms with Gasteiger partial charge in [0.1, 0.15) is 11.6 Å². The third-order valence-electron chi connectivity index (χ3n) is 5.52. The monoisotopic (exact) mass is 409 g/mol. The average molecular weight is 410 g/mol. The third-order valence-corrected chi connectivity index (χ3v) is 5.52. The van der Waals surface area contributed by atoms with Gasteiger partial charge in [-0.15, -0.1) is 0 Å². The first-order valence-electron chi connectivity index (χ1n) is 10.9. The second kappa shape index (κ2) is 11.5. The second-order valence-corrected chi connectivity index (χ2v) is 7.73. The van der Waals surface area contributed by atoms with Crippen LogP contribution in [0.25, 0.3) is 0 Å². The number of aliphatic imine (C=N–C) groups is 1. The van der Waals surface area contributed by atoms with Crippen LogP contribution in [0.1, 0.15) is 44.6 Å². The zero-order chi connectivity index (χ0) is 20.5. The van der Waals surface area contributed by atoms with Crippen LogP contribution in [-0.2, 0) is 15.9 Å². The molecule has 162 valence electrons. The van der Waals surface area contributed by atoms with Gasteiger partial charge in [0.15, 0.2) is 5.96 Å². The van der Waals surface area contributed by atoms with Crippen molar-refractivity contribution in [2.24, 2.45) is 4.99 Å². The number of nitrogens with zero attached hydrogens (tertiary/aromatic N) is 2. The van der Waals surface area contributed by atoms with Crippen LogP contribution < -0.4 is 5.32 Å². The van der Waals surface area contributed by atoms with Gasteiger partial charge >= 0.3 is 0 Å². The summed E-state index contributed by atoms with van der Waals surface area (Å²) in [5.41, 5.74) is 0.363. The molecule has 0 radical (unpaired) electrons. The summed E-state index contributed by atoms with van der Waals surface area (Å²) in [7, 11) is 0. The van der Waals surface area contributed by atoms with Gasteiger partial charge in [-0.1, -0.05) is 0 Å². The fraction of sp³-hybridized carbons (Fsp3) is 0.682. The summed E-state index contributed by atoms with van der Waals surface area (Å²) >= 11 is 0. The molecular formula is C22H33F2N3O2. The molecule has 2 fully saturated rings. The molecule has 1 atom stereocenters. The molecule has 29 heavy (non-hydrogen) atoms. The molecule has 3 rings (SSSR count). The minimum absolute atomic E-state index is 0.254. The molecule has 0 aliphatic carbocycles. The summed E-state index contributed by atoms with van der Waals surface area (Å²) in [5.74, 6) is 0.0304. The van der Waals surface area contributed by atoms with Crippen LogP contribution in [0, 0.1) is 11.6 Å². The van der Waals surface area contributed by atoms with Gasteiger partial charge in [-0.2, -0.15) is 0 Å². The molecule has 2 aliphatic rings. The van der Waals surface area contributed by atoms with E-state index in [0.717, 1.165) is 64.0 Å². The number of piperidine rings is 1. The molecule has 1 aromatic carbocycles. The maximum atomic E-state index is 13.8. The van der Waals surface area contributed by atoms with Gasteiger partial charge in [-0.05, 0) is 69.2 Å². The number of guanidine groups is 1. The minimum Gasteiger partial charge on any atom is -0.376 e. The normalized spacial score (nSPS) is 21.4. The molecule has 5 nitrogen and oxygen atoms in total. The molecular weight excluding hydrogens is 376 g/mol. The lowest BCUT2D eigenvalue weighted by Gasteiger charge is -2.35. The van der Waals surface area contributed by atoms with Crippen molar-refractivity contribution in [1.82, 2.24) is 10.2 Å². The number of benzene rings is 1. The molecule has 0 spiro atoms. The number of ether oxygens (including phenoxy) is 2. The van der Waals surface area contributed by atoms with E-state index in [9.17, 15) is 8.78 Å². The molecule has 1 unspecified atom stereocenters. The zero-order valence-corrected chi connectivity index (χ0v) is 17.3. The van der Waals surface area contributed by atoms with Crippen LogP contribution in [0.5, 0.6) is 0 Å². The average Bonchev–Trinajstić information content (AvgIpc) is 2.75. The highest BCUT2D eigenvalue weighted by atomic mass is 19.1. The summed E-state index contributed by atoms with van der Waals surface area (Å²) in [6.07, 6.45) is 6.29. The Kier molecular flexibility index (Phi) is 8.68. The smallest absolute Gasteiger partial charge is 0.193 e. The topological polar surface area (TPSA) is 46.1 Å². The molecule has 1 N–H and O–H groups in total. The zero-order valence-electron chi connectivity index (χ0n) is 17.3. The Morgan fingerprint density at radius 3 is 2.79 bits per heavy atom. The summed E-state index contributed by atoms with van der Waals surface area (Å²) in [4.78, 5) is 6.85. The second-order valence-electron chi connectivity index (χ2n) is 7.73. The van der Waals surface area contributed by atoms with Gasteiger partial charge in [0.25, 0.3) is 0 Å². The van der Waals surface area contributed by atoms with E-state index in [0.29, 0.717) is 25.1 Å². The lowest BCUT2D eigenvalue weighted by Crippen LogP contribution is -2.47. The van der Waals surface area contributed by atoms with E-state index in [1.165, 1.54) is 18.6 Å². The first-order valence-corrected chi connectivity index (χ1v) is 10.9. The Morgan fingerprint density at radius 2 is 2.07 bits per heavy atom. The van der Waals surface area contributed by atoms with Crippen LogP contribution >= 0.6 is 0 Å². The molecule has 0 bridgehead atoms. The predicted octanol–water partition coefficient (Wildman–Crippen LogP) is 3.52. The van der Waals surface area contributed by atoms with Gasteiger partial charge < -0.3 is 19.7 Å². The van der Waals surface area contributed by atoms with Gasteiger partial charge in [-0.3, -0.25) is 4.99 Å². The van der Waals surface area contributed by atoms with Crippen LogP contribution in [0.2, 0.25) is 0 Å². The van der Waals surface area contributed by atoms with Gasteiger partial charge in [0.2, 0.25) is 0 Å². The molecule has 7 heteroatoms. The summed E-state index contributed by atoms with van der Waals surface area (Å²) in [5, 5.41) is 3.31. The highest BCUT2D eigenvalue weighted by molar-refractivity contribution is 5.80. The lowest BCUT2D eigenvalue weighted by molar-refractivity contribution is -0.0721. The van der Waals surface area contributed by atoms with Crippen molar-refractivity contribution >= 4 is 5.96 Å². The third kappa shape index (κ3) is 6.93. The molecule has 1 aromatic rings. The Labute approximate surface area is 172 Å². The Morgan fingerprint density at radius 1 is 1.24 bits per heavy atom. The van der Waals surface area contributed by atoms with Crippen molar-refractivity contribution in [3.05, 3.63) is 35.4 Å². The maximum absolute atomic E-state index is 13.8. The first-order chi connectivity index (χ1) is 14.2. The number of hydrogen-bond donors (Lipinski definition) is 1. The van der Waals surface area contributed by atoms with Crippen molar-refractivity contribution in [3.8, 4) is 0 Å². The molecule has 2 heterocycles. The number of halogens is 2. The van der Waals surface area contributed by atoms with Crippen molar-refractivity contribution in [3.63, 3.8) is 0 Å². The van der Waals surface area contributed by atoms with Crippen molar-refractivity contribution in [2.45, 2.75) is 57.7 Å². The Bertz CT molecular complexity index is 657. The van der Waals surface area contributed by atoms with E-state index >= 15 is 0 Å².